The van der Waals surface area contributed by atoms with Gasteiger partial charge in [-0.15, -0.1) is 0 Å². The second-order valence-electron chi connectivity index (χ2n) is 16.2. The van der Waals surface area contributed by atoms with Gasteiger partial charge in [0.15, 0.2) is 11.5 Å². The molecule has 0 spiro atoms. The quantitative estimate of drug-likeness (QED) is 0.0715. The molecule has 0 saturated heterocycles. The van der Waals surface area contributed by atoms with Gasteiger partial charge in [-0.1, -0.05) is 38.8 Å². The molecule has 4 aliphatic carbocycles. The van der Waals surface area contributed by atoms with Crippen LogP contribution in [0.3, 0.4) is 0 Å². The monoisotopic (exact) mass is 736 g/mol. The van der Waals surface area contributed by atoms with Gasteiger partial charge in [0.05, 0.1) is 25.0 Å². The Bertz CT molecular complexity index is 1380. The minimum atomic E-state index is -0.545. The molecule has 1 aromatic carbocycles. The van der Waals surface area contributed by atoms with Gasteiger partial charge in [-0.3, -0.25) is 9.59 Å². The van der Waals surface area contributed by atoms with E-state index in [1.54, 1.807) is 0 Å². The van der Waals surface area contributed by atoms with E-state index in [0.29, 0.717) is 48.7 Å². The fourth-order valence-electron chi connectivity index (χ4n) is 9.79. The van der Waals surface area contributed by atoms with Crippen LogP contribution in [0.15, 0.2) is 43.5 Å². The van der Waals surface area contributed by atoms with Gasteiger partial charge in [0, 0.05) is 18.2 Å². The first kappa shape index (κ1) is 40.7. The number of hydrogen-bond acceptors (Lipinski definition) is 8. The maximum Gasteiger partial charge on any atom is 0.330 e. The highest BCUT2D eigenvalue weighted by Gasteiger charge is 2.36. The molecule has 0 aliphatic heterocycles. The van der Waals surface area contributed by atoms with E-state index in [1.807, 2.05) is 0 Å². The summed E-state index contributed by atoms with van der Waals surface area (Å²) in [4.78, 5) is 49.1. The maximum absolute atomic E-state index is 14.3. The van der Waals surface area contributed by atoms with Crippen molar-refractivity contribution in [3.63, 3.8) is 0 Å². The molecule has 4 saturated carbocycles. The number of rotatable bonds is 16. The Morgan fingerprint density at radius 1 is 0.566 bits per heavy atom. The lowest BCUT2D eigenvalue weighted by molar-refractivity contribution is -0.143. The molecule has 0 aromatic heterocycles. The number of carbonyl (C=O) groups is 4. The van der Waals surface area contributed by atoms with Gasteiger partial charge < -0.3 is 18.9 Å². The summed E-state index contributed by atoms with van der Waals surface area (Å²) >= 11 is 0. The molecule has 8 nitrogen and oxygen atoms in total. The van der Waals surface area contributed by atoms with Crippen molar-refractivity contribution in [2.24, 2.45) is 47.3 Å². The molecule has 53 heavy (non-hydrogen) atoms. The number of carbonyl (C=O) groups excluding carboxylic acids is 4. The minimum Gasteiger partial charge on any atom is -0.463 e. The van der Waals surface area contributed by atoms with E-state index < -0.39 is 5.82 Å². The summed E-state index contributed by atoms with van der Waals surface area (Å²) < 4.78 is 36.1. The van der Waals surface area contributed by atoms with Crippen LogP contribution >= 0.6 is 0 Å². The van der Waals surface area contributed by atoms with Crippen LogP contribution < -0.4 is 9.47 Å². The summed E-state index contributed by atoms with van der Waals surface area (Å²) in [5.41, 5.74) is 0. The van der Waals surface area contributed by atoms with Crippen LogP contribution in [-0.4, -0.2) is 37.1 Å². The SMILES string of the molecule is C=CC(=O)OCCC[C@H]1CC[C@H](C2CCC(C(=O)Oc3ccc(F)cc3OC(=O)C3CCC([C@H]4CC[C@H](CCCOC(=O)C=C)CC4)CC3)CC2)CC1. The highest BCUT2D eigenvalue weighted by atomic mass is 19.1. The molecule has 4 fully saturated rings. The van der Waals surface area contributed by atoms with E-state index in [1.165, 1.54) is 75.7 Å². The highest BCUT2D eigenvalue weighted by molar-refractivity contribution is 5.81. The second-order valence-corrected chi connectivity index (χ2v) is 16.2. The molecule has 0 amide bonds. The Hall–Kier alpha value is -3.49. The van der Waals surface area contributed by atoms with Crippen molar-refractivity contribution in [2.75, 3.05) is 13.2 Å². The highest BCUT2D eigenvalue weighted by Crippen LogP contribution is 2.44. The molecule has 4 aliphatic rings. The van der Waals surface area contributed by atoms with Gasteiger partial charge in [-0.2, -0.15) is 0 Å². The zero-order chi connectivity index (χ0) is 37.6. The van der Waals surface area contributed by atoms with Crippen LogP contribution in [0.2, 0.25) is 0 Å². The molecule has 0 unspecified atom stereocenters. The van der Waals surface area contributed by atoms with Crippen LogP contribution in [0, 0.1) is 53.2 Å². The van der Waals surface area contributed by atoms with Crippen molar-refractivity contribution in [3.05, 3.63) is 49.3 Å². The Labute approximate surface area is 315 Å². The first-order valence-corrected chi connectivity index (χ1v) is 20.5. The Morgan fingerprint density at radius 2 is 0.943 bits per heavy atom. The molecule has 0 bridgehead atoms. The maximum atomic E-state index is 14.3. The lowest BCUT2D eigenvalue weighted by Gasteiger charge is -2.37. The average molecular weight is 737 g/mol. The molecule has 0 N–H and O–H groups in total. The molecule has 292 valence electrons. The van der Waals surface area contributed by atoms with E-state index >= 15 is 0 Å². The van der Waals surface area contributed by atoms with Crippen molar-refractivity contribution in [1.29, 1.82) is 0 Å². The molecular weight excluding hydrogens is 675 g/mol. The smallest absolute Gasteiger partial charge is 0.330 e. The van der Waals surface area contributed by atoms with E-state index in [2.05, 4.69) is 13.2 Å². The molecule has 9 heteroatoms. The largest absolute Gasteiger partial charge is 0.463 e. The van der Waals surface area contributed by atoms with Crippen molar-refractivity contribution in [3.8, 4) is 11.5 Å². The Morgan fingerprint density at radius 3 is 1.34 bits per heavy atom. The van der Waals surface area contributed by atoms with Crippen LogP contribution in [0.4, 0.5) is 4.39 Å². The van der Waals surface area contributed by atoms with Crippen LogP contribution in [-0.2, 0) is 28.7 Å². The summed E-state index contributed by atoms with van der Waals surface area (Å²) in [6.45, 7) is 7.77. The molecule has 5 rings (SSSR count). The van der Waals surface area contributed by atoms with Gasteiger partial charge in [-0.05, 0) is 150 Å². The zero-order valence-corrected chi connectivity index (χ0v) is 31.6. The topological polar surface area (TPSA) is 105 Å². The van der Waals surface area contributed by atoms with Gasteiger partial charge in [0.2, 0.25) is 0 Å². The summed E-state index contributed by atoms with van der Waals surface area (Å²) in [5, 5.41) is 0. The third-order valence-corrected chi connectivity index (χ3v) is 13.0. The predicted octanol–water partition coefficient (Wildman–Crippen LogP) is 9.88. The normalized spacial score (nSPS) is 28.9. The lowest BCUT2D eigenvalue weighted by Crippen LogP contribution is -2.31. The Balaban J connectivity index is 0.998. The predicted molar refractivity (Wildman–Crippen MR) is 200 cm³/mol. The minimum absolute atomic E-state index is 0.0210. The van der Waals surface area contributed by atoms with Gasteiger partial charge in [0.25, 0.3) is 0 Å². The second kappa shape index (κ2) is 20.8. The third-order valence-electron chi connectivity index (χ3n) is 13.0. The number of hydrogen-bond donors (Lipinski definition) is 0. The molecule has 0 atom stereocenters. The summed E-state index contributed by atoms with van der Waals surface area (Å²) in [6.07, 6.45) is 23.0. The van der Waals surface area contributed by atoms with Crippen molar-refractivity contribution in [1.82, 2.24) is 0 Å². The molecule has 1 aromatic rings. The fourth-order valence-corrected chi connectivity index (χ4v) is 9.79. The number of ether oxygens (including phenoxy) is 4. The fraction of sp³-hybridized carbons (Fsp3) is 0.682. The number of halogens is 1. The summed E-state index contributed by atoms with van der Waals surface area (Å²) in [7, 11) is 0. The van der Waals surface area contributed by atoms with Crippen molar-refractivity contribution >= 4 is 23.9 Å². The summed E-state index contributed by atoms with van der Waals surface area (Å²) in [5.74, 6) is 1.60. The van der Waals surface area contributed by atoms with Crippen molar-refractivity contribution in [2.45, 2.75) is 128 Å². The standard InChI is InChI=1S/C44H61FO8/c1-3-41(46)50-27-5-7-30-9-13-32(14-10-30)34-17-21-36(22-18-34)43(48)52-39-26-25-38(45)29-40(39)53-44(49)37-23-19-35(20-24-37)33-15-11-31(12-16-33)8-6-28-51-42(47)4-2/h3-4,25-26,29-37H,1-2,5-24,27-28H2/t30-,31-,32-,33-,34?,35?,36?,37?. The molecule has 0 heterocycles. The number of benzene rings is 1. The first-order valence-electron chi connectivity index (χ1n) is 20.5. The van der Waals surface area contributed by atoms with Crippen molar-refractivity contribution < 1.29 is 42.5 Å². The van der Waals surface area contributed by atoms with Crippen LogP contribution in [0.5, 0.6) is 11.5 Å². The third kappa shape index (κ3) is 12.5. The molecular formula is C44H61FO8. The zero-order valence-electron chi connectivity index (χ0n) is 31.6. The van der Waals surface area contributed by atoms with E-state index in [9.17, 15) is 23.6 Å². The Kier molecular flexibility index (Phi) is 16.0. The van der Waals surface area contributed by atoms with E-state index in [0.717, 1.165) is 83.1 Å². The van der Waals surface area contributed by atoms with E-state index in [4.69, 9.17) is 18.9 Å². The average Bonchev–Trinajstić information content (AvgIpc) is 3.19. The van der Waals surface area contributed by atoms with Crippen LogP contribution in [0.25, 0.3) is 0 Å². The van der Waals surface area contributed by atoms with E-state index in [-0.39, 0.29) is 47.2 Å². The first-order chi connectivity index (χ1) is 25.7. The summed E-state index contributed by atoms with van der Waals surface area (Å²) in [6, 6.07) is 3.78. The van der Waals surface area contributed by atoms with Gasteiger partial charge >= 0.3 is 23.9 Å². The molecule has 0 radical (unpaired) electrons. The number of esters is 4. The van der Waals surface area contributed by atoms with Gasteiger partial charge in [-0.25, -0.2) is 14.0 Å². The van der Waals surface area contributed by atoms with Gasteiger partial charge in [0.1, 0.15) is 5.82 Å². The lowest BCUT2D eigenvalue weighted by atomic mass is 9.68. The van der Waals surface area contributed by atoms with Crippen LogP contribution in [0.1, 0.15) is 128 Å².